The fourth-order valence-electron chi connectivity index (χ4n) is 2.77. The molecule has 1 aliphatic rings. The molecule has 0 bridgehead atoms. The Morgan fingerprint density at radius 3 is 2.16 bits per heavy atom. The molecule has 0 N–H and O–H groups in total. The summed E-state index contributed by atoms with van der Waals surface area (Å²) in [6.45, 7) is 1.94. The third-order valence-corrected chi connectivity index (χ3v) is 6.10. The van der Waals surface area contributed by atoms with Crippen molar-refractivity contribution in [2.75, 3.05) is 4.90 Å². The number of amides is 1. The number of para-hydroxylation sites is 2. The van der Waals surface area contributed by atoms with Gasteiger partial charge in [0.15, 0.2) is 0 Å². The van der Waals surface area contributed by atoms with Gasteiger partial charge in [-0.05, 0) is 43.3 Å². The summed E-state index contributed by atoms with van der Waals surface area (Å²) >= 11 is 3.19. The van der Waals surface area contributed by atoms with E-state index < -0.39 is 0 Å². The summed E-state index contributed by atoms with van der Waals surface area (Å²) in [5.74, 6) is 0.0656. The molecule has 25 heavy (non-hydrogen) atoms. The van der Waals surface area contributed by atoms with Gasteiger partial charge in [0.1, 0.15) is 0 Å². The van der Waals surface area contributed by atoms with E-state index in [1.165, 1.54) is 11.8 Å². The molecule has 0 saturated carbocycles. The zero-order valence-corrected chi connectivity index (χ0v) is 15.3. The van der Waals surface area contributed by atoms with Crippen LogP contribution in [0.1, 0.15) is 6.92 Å². The summed E-state index contributed by atoms with van der Waals surface area (Å²) in [6.07, 6.45) is 1.75. The van der Waals surface area contributed by atoms with Gasteiger partial charge in [0.2, 0.25) is 5.91 Å². The van der Waals surface area contributed by atoms with Crippen LogP contribution in [-0.4, -0.2) is 16.1 Å². The lowest BCUT2D eigenvalue weighted by atomic mass is 10.2. The largest absolute Gasteiger partial charge is 0.278 e. The van der Waals surface area contributed by atoms with Crippen molar-refractivity contribution in [3.63, 3.8) is 0 Å². The quantitative estimate of drug-likeness (QED) is 0.583. The molecule has 1 atom stereocenters. The highest BCUT2D eigenvalue weighted by atomic mass is 32.2. The number of thioether (sulfide) groups is 1. The number of carbonyl (C=O) groups excluding carboxylic acids is 1. The third kappa shape index (κ3) is 3.17. The molecule has 0 fully saturated rings. The molecule has 1 unspecified atom stereocenters. The van der Waals surface area contributed by atoms with Crippen molar-refractivity contribution in [3.8, 4) is 0 Å². The highest BCUT2D eigenvalue weighted by Crippen LogP contribution is 2.48. The van der Waals surface area contributed by atoms with Crippen LogP contribution in [0.3, 0.4) is 0 Å². The van der Waals surface area contributed by atoms with E-state index in [1.807, 2.05) is 66.4 Å². The van der Waals surface area contributed by atoms with Gasteiger partial charge in [0.25, 0.3) is 0 Å². The monoisotopic (exact) mass is 364 g/mol. The van der Waals surface area contributed by atoms with Crippen molar-refractivity contribution < 1.29 is 4.79 Å². The SMILES string of the molecule is CC(Sc1ccccn1)C(=O)N1c2ccccc2Sc2ccccc21. The van der Waals surface area contributed by atoms with E-state index in [0.717, 1.165) is 26.2 Å². The summed E-state index contributed by atoms with van der Waals surface area (Å²) in [6, 6.07) is 21.9. The zero-order chi connectivity index (χ0) is 17.2. The molecular formula is C20H16N2OS2. The van der Waals surface area contributed by atoms with Crippen molar-refractivity contribution in [3.05, 3.63) is 72.9 Å². The van der Waals surface area contributed by atoms with E-state index in [4.69, 9.17) is 0 Å². The highest BCUT2D eigenvalue weighted by Gasteiger charge is 2.31. The Hall–Kier alpha value is -2.24. The topological polar surface area (TPSA) is 33.2 Å². The van der Waals surface area contributed by atoms with Gasteiger partial charge in [-0.3, -0.25) is 9.69 Å². The van der Waals surface area contributed by atoms with Crippen LogP contribution in [0.2, 0.25) is 0 Å². The van der Waals surface area contributed by atoms with Gasteiger partial charge >= 0.3 is 0 Å². The second-order valence-corrected chi connectivity index (χ2v) is 8.08. The number of aromatic nitrogens is 1. The Morgan fingerprint density at radius 1 is 0.960 bits per heavy atom. The summed E-state index contributed by atoms with van der Waals surface area (Å²) in [5, 5.41) is 0.621. The van der Waals surface area contributed by atoms with Crippen molar-refractivity contribution in [2.24, 2.45) is 0 Å². The summed E-state index contributed by atoms with van der Waals surface area (Å²) in [7, 11) is 0. The lowest BCUT2D eigenvalue weighted by molar-refractivity contribution is -0.117. The fourth-order valence-corrected chi connectivity index (χ4v) is 4.68. The first-order chi connectivity index (χ1) is 12.2. The van der Waals surface area contributed by atoms with E-state index >= 15 is 0 Å². The molecule has 1 aliphatic heterocycles. The van der Waals surface area contributed by atoms with E-state index in [0.29, 0.717) is 0 Å². The fraction of sp³-hybridized carbons (Fsp3) is 0.100. The molecule has 5 heteroatoms. The maximum atomic E-state index is 13.3. The van der Waals surface area contributed by atoms with Gasteiger partial charge in [-0.1, -0.05) is 53.9 Å². The maximum absolute atomic E-state index is 13.3. The first kappa shape index (κ1) is 16.2. The minimum atomic E-state index is -0.237. The molecule has 3 aromatic rings. The van der Waals surface area contributed by atoms with E-state index in [1.54, 1.807) is 18.0 Å². The van der Waals surface area contributed by atoms with Gasteiger partial charge in [0, 0.05) is 16.0 Å². The molecule has 3 nitrogen and oxygen atoms in total. The van der Waals surface area contributed by atoms with Crippen LogP contribution in [0.5, 0.6) is 0 Å². The first-order valence-electron chi connectivity index (χ1n) is 8.01. The molecule has 1 amide bonds. The molecule has 0 spiro atoms. The molecule has 0 aliphatic carbocycles. The van der Waals surface area contributed by atoms with Gasteiger partial charge in [-0.2, -0.15) is 0 Å². The number of fused-ring (bicyclic) bond motifs is 2. The Balaban J connectivity index is 1.70. The van der Waals surface area contributed by atoms with Crippen molar-refractivity contribution >= 4 is 40.8 Å². The number of nitrogens with zero attached hydrogens (tertiary/aromatic N) is 2. The Labute approximate surface area is 155 Å². The number of carbonyl (C=O) groups is 1. The average Bonchev–Trinajstić information content (AvgIpc) is 2.66. The van der Waals surface area contributed by atoms with Gasteiger partial charge in [0.05, 0.1) is 21.7 Å². The number of benzene rings is 2. The van der Waals surface area contributed by atoms with Crippen LogP contribution >= 0.6 is 23.5 Å². The van der Waals surface area contributed by atoms with Crippen LogP contribution in [-0.2, 0) is 4.79 Å². The molecule has 0 saturated heterocycles. The zero-order valence-electron chi connectivity index (χ0n) is 13.6. The predicted molar refractivity (Wildman–Crippen MR) is 104 cm³/mol. The molecule has 0 radical (unpaired) electrons. The molecule has 4 rings (SSSR count). The molecule has 1 aromatic heterocycles. The minimum absolute atomic E-state index is 0.0656. The summed E-state index contributed by atoms with van der Waals surface area (Å²) < 4.78 is 0. The summed E-state index contributed by atoms with van der Waals surface area (Å²) in [5.41, 5.74) is 1.90. The predicted octanol–water partition coefficient (Wildman–Crippen LogP) is 5.39. The normalized spacial score (nSPS) is 13.7. The maximum Gasteiger partial charge on any atom is 0.244 e. The van der Waals surface area contributed by atoms with E-state index in [2.05, 4.69) is 17.1 Å². The highest BCUT2D eigenvalue weighted by molar-refractivity contribution is 8.00. The number of hydrogen-bond donors (Lipinski definition) is 0. The van der Waals surface area contributed by atoms with Crippen LogP contribution < -0.4 is 4.90 Å². The number of hydrogen-bond acceptors (Lipinski definition) is 4. The second kappa shape index (κ2) is 6.94. The first-order valence-corrected chi connectivity index (χ1v) is 9.71. The Bertz CT molecular complexity index is 869. The minimum Gasteiger partial charge on any atom is -0.278 e. The third-order valence-electron chi connectivity index (χ3n) is 3.94. The lowest BCUT2D eigenvalue weighted by Gasteiger charge is -2.32. The van der Waals surface area contributed by atoms with E-state index in [-0.39, 0.29) is 11.2 Å². The standard InChI is InChI=1S/C20H16N2OS2/c1-14(24-19-12-6-7-13-21-19)20(23)22-15-8-2-4-10-17(15)25-18-11-5-3-9-16(18)22/h2-14H,1H3. The second-order valence-electron chi connectivity index (χ2n) is 5.64. The van der Waals surface area contributed by atoms with Crippen LogP contribution in [0.25, 0.3) is 0 Å². The molecular weight excluding hydrogens is 348 g/mol. The van der Waals surface area contributed by atoms with Gasteiger partial charge in [-0.25, -0.2) is 4.98 Å². The number of rotatable bonds is 3. The van der Waals surface area contributed by atoms with Crippen molar-refractivity contribution in [1.82, 2.24) is 4.98 Å². The van der Waals surface area contributed by atoms with Crippen molar-refractivity contribution in [2.45, 2.75) is 27.0 Å². The van der Waals surface area contributed by atoms with E-state index in [9.17, 15) is 4.79 Å². The van der Waals surface area contributed by atoms with Crippen LogP contribution in [0.4, 0.5) is 11.4 Å². The number of pyridine rings is 1. The molecule has 2 aromatic carbocycles. The van der Waals surface area contributed by atoms with Gasteiger partial charge < -0.3 is 0 Å². The Kier molecular flexibility index (Phi) is 4.51. The Morgan fingerprint density at radius 2 is 1.56 bits per heavy atom. The molecule has 124 valence electrons. The summed E-state index contributed by atoms with van der Waals surface area (Å²) in [4.78, 5) is 21.7. The lowest BCUT2D eigenvalue weighted by Crippen LogP contribution is -2.34. The number of anilines is 2. The van der Waals surface area contributed by atoms with Crippen LogP contribution in [0, 0.1) is 0 Å². The van der Waals surface area contributed by atoms with Crippen LogP contribution in [0.15, 0.2) is 87.7 Å². The van der Waals surface area contributed by atoms with Gasteiger partial charge in [-0.15, -0.1) is 0 Å². The smallest absolute Gasteiger partial charge is 0.244 e. The molecule has 2 heterocycles. The van der Waals surface area contributed by atoms with Crippen molar-refractivity contribution in [1.29, 1.82) is 0 Å². The average molecular weight is 364 g/mol.